The van der Waals surface area contributed by atoms with Gasteiger partial charge in [0.15, 0.2) is 6.29 Å². The number of hydrogen-bond donors (Lipinski definition) is 1. The molecule has 7 heteroatoms. The lowest BCUT2D eigenvalue weighted by molar-refractivity contribution is -0.0356. The first-order chi connectivity index (χ1) is 16.5. The molecular formula is C29H40F3NO2S. The Morgan fingerprint density at radius 2 is 2.00 bits per heavy atom. The highest BCUT2D eigenvalue weighted by Gasteiger charge is 2.49. The van der Waals surface area contributed by atoms with Crippen LogP contribution in [0.5, 0.6) is 0 Å². The highest BCUT2D eigenvalue weighted by Crippen LogP contribution is 2.50. The first-order valence-corrected chi connectivity index (χ1v) is 15.1. The standard InChI is InChI=1S/C29H40F3NO2S/c1-19-13-22-14-21(17-36(6,7)8)9-11-23(22)27(33(19)18-28(2,3)31)26-24(30)15-20(16-29(26,4)32)10-12-25(34)35-5/h9-12,14-16,19,25-27,34H,13,18H2,1-8H3/b12-10+. The van der Waals surface area contributed by atoms with Crippen molar-refractivity contribution in [3.63, 3.8) is 0 Å². The van der Waals surface area contributed by atoms with Crippen molar-refractivity contribution in [1.82, 2.24) is 4.90 Å². The van der Waals surface area contributed by atoms with Crippen molar-refractivity contribution >= 4 is 9.44 Å². The molecule has 0 fully saturated rings. The first-order valence-electron chi connectivity index (χ1n) is 12.2. The summed E-state index contributed by atoms with van der Waals surface area (Å²) in [5.41, 5.74) is -0.460. The van der Waals surface area contributed by atoms with Crippen molar-refractivity contribution in [3.05, 3.63) is 70.6 Å². The van der Waals surface area contributed by atoms with Crippen molar-refractivity contribution in [2.75, 3.05) is 32.4 Å². The van der Waals surface area contributed by atoms with Gasteiger partial charge < -0.3 is 9.84 Å². The van der Waals surface area contributed by atoms with Gasteiger partial charge in [-0.15, -0.1) is 0 Å². The molecule has 1 heterocycles. The van der Waals surface area contributed by atoms with Crippen LogP contribution in [-0.2, 0) is 11.2 Å². The van der Waals surface area contributed by atoms with Crippen LogP contribution in [0, 0.1) is 11.1 Å². The van der Waals surface area contributed by atoms with E-state index in [0.29, 0.717) is 12.0 Å². The smallest absolute Gasteiger partial charge is 0.174 e. The van der Waals surface area contributed by atoms with E-state index in [-0.39, 0.29) is 12.6 Å². The summed E-state index contributed by atoms with van der Waals surface area (Å²) in [6.07, 6.45) is 11.4. The predicted octanol–water partition coefficient (Wildman–Crippen LogP) is 6.38. The molecule has 1 aliphatic carbocycles. The summed E-state index contributed by atoms with van der Waals surface area (Å²) >= 11 is 0. The van der Waals surface area contributed by atoms with Crippen molar-refractivity contribution in [1.29, 1.82) is 0 Å². The molecule has 0 bridgehead atoms. The second-order valence-corrected chi connectivity index (χ2v) is 15.4. The van der Waals surface area contributed by atoms with Gasteiger partial charge in [-0.3, -0.25) is 4.90 Å². The van der Waals surface area contributed by atoms with Crippen molar-refractivity contribution in [2.24, 2.45) is 5.92 Å². The summed E-state index contributed by atoms with van der Waals surface area (Å²) in [5.74, 6) is -1.76. The fourth-order valence-corrected chi connectivity index (χ4v) is 6.07. The summed E-state index contributed by atoms with van der Waals surface area (Å²) in [6.45, 7) is 6.41. The molecule has 0 spiro atoms. The van der Waals surface area contributed by atoms with E-state index < -0.39 is 44.8 Å². The third-order valence-electron chi connectivity index (χ3n) is 6.55. The lowest BCUT2D eigenvalue weighted by Gasteiger charge is -2.49. The molecule has 36 heavy (non-hydrogen) atoms. The second kappa shape index (κ2) is 10.5. The Balaban J connectivity index is 2.14. The van der Waals surface area contributed by atoms with Gasteiger partial charge in [0.05, 0.1) is 5.92 Å². The number of halogens is 3. The second-order valence-electron chi connectivity index (χ2n) is 11.5. The molecule has 200 valence electrons. The zero-order valence-corrected chi connectivity index (χ0v) is 23.4. The zero-order valence-electron chi connectivity index (χ0n) is 22.6. The Labute approximate surface area is 215 Å². The van der Waals surface area contributed by atoms with Crippen molar-refractivity contribution in [2.45, 2.75) is 63.8 Å². The fourth-order valence-electron chi connectivity index (χ4n) is 5.24. The van der Waals surface area contributed by atoms with E-state index in [4.69, 9.17) is 4.74 Å². The molecule has 3 nitrogen and oxygen atoms in total. The molecule has 3 rings (SSSR count). The summed E-state index contributed by atoms with van der Waals surface area (Å²) < 4.78 is 51.9. The number of benzene rings is 1. The largest absolute Gasteiger partial charge is 0.365 e. The average Bonchev–Trinajstić information content (AvgIpc) is 2.71. The molecule has 0 saturated carbocycles. The summed E-state index contributed by atoms with van der Waals surface area (Å²) in [7, 11) is 0.322. The van der Waals surface area contributed by atoms with E-state index in [2.05, 4.69) is 30.0 Å². The maximum atomic E-state index is 16.3. The maximum Gasteiger partial charge on any atom is 0.174 e. The highest BCUT2D eigenvalue weighted by molar-refractivity contribution is 8.22. The molecule has 2 aliphatic rings. The number of alkyl halides is 2. The van der Waals surface area contributed by atoms with Gasteiger partial charge >= 0.3 is 0 Å². The number of aliphatic hydroxyl groups is 1. The van der Waals surface area contributed by atoms with Gasteiger partial charge in [0, 0.05) is 31.3 Å². The molecule has 5 unspecified atom stereocenters. The fraction of sp³-hybridized carbons (Fsp3) is 0.552. The Kier molecular flexibility index (Phi) is 8.44. The molecule has 0 amide bonds. The lowest BCUT2D eigenvalue weighted by Crippen LogP contribution is -2.53. The van der Waals surface area contributed by atoms with E-state index >= 15 is 8.78 Å². The minimum atomic E-state index is -2.05. The Hall–Kier alpha value is -1.76. The van der Waals surface area contributed by atoms with Gasteiger partial charge in [-0.1, -0.05) is 17.3 Å². The van der Waals surface area contributed by atoms with Crippen LogP contribution in [0.2, 0.25) is 0 Å². The minimum absolute atomic E-state index is 0.0563. The highest BCUT2D eigenvalue weighted by atomic mass is 32.2. The first kappa shape index (κ1) is 28.8. The third-order valence-corrected chi connectivity index (χ3v) is 7.40. The predicted molar refractivity (Wildman–Crippen MR) is 145 cm³/mol. The summed E-state index contributed by atoms with van der Waals surface area (Å²) in [4.78, 5) is 1.92. The van der Waals surface area contributed by atoms with E-state index in [1.54, 1.807) is 0 Å². The number of allylic oxidation sites excluding steroid dienone is 4. The normalized spacial score (nSPS) is 28.4. The maximum absolute atomic E-state index is 16.3. The molecule has 0 aromatic heterocycles. The van der Waals surface area contributed by atoms with Crippen LogP contribution >= 0.6 is 9.44 Å². The van der Waals surface area contributed by atoms with Gasteiger partial charge in [-0.05, 0) is 99.9 Å². The van der Waals surface area contributed by atoms with E-state index in [1.807, 2.05) is 24.0 Å². The minimum Gasteiger partial charge on any atom is -0.365 e. The van der Waals surface area contributed by atoms with Gasteiger partial charge in [0.2, 0.25) is 0 Å². The molecule has 1 N–H and O–H groups in total. The lowest BCUT2D eigenvalue weighted by atomic mass is 9.72. The topological polar surface area (TPSA) is 32.7 Å². The van der Waals surface area contributed by atoms with Gasteiger partial charge in [-0.2, -0.15) is 9.44 Å². The van der Waals surface area contributed by atoms with Crippen LogP contribution < -0.4 is 0 Å². The van der Waals surface area contributed by atoms with Crippen molar-refractivity contribution < 1.29 is 23.0 Å². The average molecular weight is 524 g/mol. The summed E-state index contributed by atoms with van der Waals surface area (Å²) in [5, 5.41) is 13.2. The number of fused-ring (bicyclic) bond motifs is 1. The van der Waals surface area contributed by atoms with Crippen LogP contribution in [0.15, 0.2) is 53.9 Å². The number of hydrogen-bond acceptors (Lipinski definition) is 3. The van der Waals surface area contributed by atoms with Crippen molar-refractivity contribution in [3.8, 4) is 5.18 Å². The van der Waals surface area contributed by atoms with Crippen LogP contribution in [0.1, 0.15) is 50.4 Å². The van der Waals surface area contributed by atoms with Gasteiger partial charge in [-0.25, -0.2) is 13.2 Å². The molecule has 1 aliphatic heterocycles. The van der Waals surface area contributed by atoms with Crippen LogP contribution in [0.4, 0.5) is 13.2 Å². The van der Waals surface area contributed by atoms with Gasteiger partial charge in [0.25, 0.3) is 0 Å². The molecule has 0 radical (unpaired) electrons. The monoisotopic (exact) mass is 523 g/mol. The van der Waals surface area contributed by atoms with E-state index in [0.717, 1.165) is 16.7 Å². The number of nitrogens with zero attached hydrogens (tertiary/aromatic N) is 1. The molecule has 0 saturated heterocycles. The number of rotatable bonds is 6. The number of methoxy groups -OCH3 is 1. The molecule has 1 aromatic carbocycles. The number of aliphatic hydroxyl groups excluding tert-OH is 1. The molecule has 1 aromatic rings. The Morgan fingerprint density at radius 1 is 1.33 bits per heavy atom. The van der Waals surface area contributed by atoms with E-state index in [1.165, 1.54) is 52.2 Å². The Bertz CT molecular complexity index is 1180. The van der Waals surface area contributed by atoms with Crippen LogP contribution in [0.3, 0.4) is 0 Å². The van der Waals surface area contributed by atoms with Gasteiger partial charge in [0.1, 0.15) is 17.2 Å². The zero-order chi connectivity index (χ0) is 27.1. The Morgan fingerprint density at radius 3 is 2.56 bits per heavy atom. The van der Waals surface area contributed by atoms with E-state index in [9.17, 15) is 9.50 Å². The third kappa shape index (κ3) is 6.96. The van der Waals surface area contributed by atoms with Crippen LogP contribution in [0.25, 0.3) is 0 Å². The quantitative estimate of drug-likeness (QED) is 0.439. The molecular weight excluding hydrogens is 483 g/mol. The molecule has 5 atom stereocenters. The SMILES string of the molecule is COC(O)/C=C/C1=CC(C)(F)C(C2c3ccc(C#S(C)(C)C)cc3CC(C)N2CC(C)(C)F)C(F)=C1. The van der Waals surface area contributed by atoms with Crippen LogP contribution in [-0.4, -0.2) is 66.1 Å². The summed E-state index contributed by atoms with van der Waals surface area (Å²) in [6, 6.07) is 5.17. The number of ether oxygens (including phenoxy) is 1.